The van der Waals surface area contributed by atoms with Gasteiger partial charge in [0, 0.05) is 29.1 Å². The molecule has 3 nitrogen and oxygen atoms in total. The average Bonchev–Trinajstić information content (AvgIpc) is 2.62. The molecule has 0 amide bonds. The molecule has 2 heterocycles. The maximum absolute atomic E-state index is 6.20. The van der Waals surface area contributed by atoms with Crippen LogP contribution in [0.25, 0.3) is 22.2 Å². The van der Waals surface area contributed by atoms with Gasteiger partial charge >= 0.3 is 0 Å². The van der Waals surface area contributed by atoms with Crippen molar-refractivity contribution in [2.24, 2.45) is 5.92 Å². The topological polar surface area (TPSA) is 29.0 Å². The molecule has 122 valence electrons. The quantitative estimate of drug-likeness (QED) is 0.644. The Kier molecular flexibility index (Phi) is 4.11. The lowest BCUT2D eigenvalue weighted by atomic mass is 9.99. The maximum atomic E-state index is 6.20. The summed E-state index contributed by atoms with van der Waals surface area (Å²) in [5.74, 6) is 1.60. The van der Waals surface area contributed by atoms with E-state index in [1.807, 2.05) is 36.4 Å². The zero-order valence-corrected chi connectivity index (χ0v) is 14.5. The van der Waals surface area contributed by atoms with Crippen molar-refractivity contribution in [1.29, 1.82) is 0 Å². The summed E-state index contributed by atoms with van der Waals surface area (Å²) in [4.78, 5) is 12.0. The average molecular weight is 338 g/mol. The largest absolute Gasteiger partial charge is 0.341 e. The Morgan fingerprint density at radius 2 is 1.75 bits per heavy atom. The van der Waals surface area contributed by atoms with Crippen molar-refractivity contribution in [3.63, 3.8) is 0 Å². The van der Waals surface area contributed by atoms with Crippen molar-refractivity contribution >= 4 is 28.5 Å². The van der Waals surface area contributed by atoms with Crippen molar-refractivity contribution in [3.8, 4) is 11.3 Å². The molecule has 1 fully saturated rings. The van der Waals surface area contributed by atoms with Crippen LogP contribution < -0.4 is 4.90 Å². The van der Waals surface area contributed by atoms with Crippen LogP contribution in [-0.4, -0.2) is 23.1 Å². The van der Waals surface area contributed by atoms with E-state index in [2.05, 4.69) is 24.0 Å². The zero-order valence-electron chi connectivity index (χ0n) is 13.7. The van der Waals surface area contributed by atoms with E-state index in [-0.39, 0.29) is 0 Å². The van der Waals surface area contributed by atoms with Crippen LogP contribution in [0.5, 0.6) is 0 Å². The summed E-state index contributed by atoms with van der Waals surface area (Å²) >= 11 is 6.20. The number of piperidine rings is 1. The third kappa shape index (κ3) is 2.96. The second-order valence-electron chi connectivity index (χ2n) is 6.57. The Labute approximate surface area is 147 Å². The first-order valence-electron chi connectivity index (χ1n) is 8.48. The molecule has 0 bridgehead atoms. The predicted molar refractivity (Wildman–Crippen MR) is 101 cm³/mol. The molecule has 0 saturated carbocycles. The Morgan fingerprint density at radius 3 is 2.50 bits per heavy atom. The minimum absolute atomic E-state index is 0.707. The molecular formula is C20H20ClN3. The molecule has 0 unspecified atom stereocenters. The van der Waals surface area contributed by atoms with Crippen LogP contribution in [0.15, 0.2) is 48.5 Å². The third-order valence-electron chi connectivity index (χ3n) is 4.76. The number of anilines is 1. The van der Waals surface area contributed by atoms with Gasteiger partial charge in [-0.3, -0.25) is 0 Å². The lowest BCUT2D eigenvalue weighted by molar-refractivity contribution is 0.435. The predicted octanol–water partition coefficient (Wildman–Crippen LogP) is 5.19. The van der Waals surface area contributed by atoms with Gasteiger partial charge in [0.05, 0.1) is 11.2 Å². The standard InChI is InChI=1S/C20H20ClN3/c1-14-9-11-24(12-10-14)20-22-18-13-16(21)7-8-17(18)19(23-20)15-5-3-2-4-6-15/h2-8,13-14H,9-12H2,1H3. The van der Waals surface area contributed by atoms with Gasteiger partial charge in [0.15, 0.2) is 0 Å². The molecule has 24 heavy (non-hydrogen) atoms. The van der Waals surface area contributed by atoms with Gasteiger partial charge in [0.25, 0.3) is 0 Å². The molecule has 1 aliphatic heterocycles. The number of hydrogen-bond acceptors (Lipinski definition) is 3. The van der Waals surface area contributed by atoms with Crippen LogP contribution in [0, 0.1) is 5.92 Å². The number of rotatable bonds is 2. The summed E-state index contributed by atoms with van der Waals surface area (Å²) < 4.78 is 0. The van der Waals surface area contributed by atoms with E-state index in [0.29, 0.717) is 5.02 Å². The highest BCUT2D eigenvalue weighted by molar-refractivity contribution is 6.31. The molecular weight excluding hydrogens is 318 g/mol. The molecule has 1 aromatic heterocycles. The summed E-state index contributed by atoms with van der Waals surface area (Å²) in [6.45, 7) is 4.34. The van der Waals surface area contributed by atoms with Gasteiger partial charge in [-0.25, -0.2) is 9.97 Å². The van der Waals surface area contributed by atoms with Gasteiger partial charge in [-0.15, -0.1) is 0 Å². The molecule has 1 saturated heterocycles. The molecule has 0 N–H and O–H groups in total. The van der Waals surface area contributed by atoms with Gasteiger partial charge in [0.1, 0.15) is 0 Å². The Balaban J connectivity index is 1.86. The van der Waals surface area contributed by atoms with Crippen molar-refractivity contribution in [2.45, 2.75) is 19.8 Å². The first-order chi connectivity index (χ1) is 11.7. The molecule has 0 aliphatic carbocycles. The van der Waals surface area contributed by atoms with Gasteiger partial charge in [0.2, 0.25) is 5.95 Å². The number of fused-ring (bicyclic) bond motifs is 1. The van der Waals surface area contributed by atoms with Crippen LogP contribution in [-0.2, 0) is 0 Å². The second-order valence-corrected chi connectivity index (χ2v) is 7.01. The van der Waals surface area contributed by atoms with E-state index in [0.717, 1.165) is 47.1 Å². The van der Waals surface area contributed by atoms with Crippen LogP contribution in [0.3, 0.4) is 0 Å². The molecule has 4 heteroatoms. The van der Waals surface area contributed by atoms with Crippen LogP contribution in [0.2, 0.25) is 5.02 Å². The van der Waals surface area contributed by atoms with Gasteiger partial charge in [-0.2, -0.15) is 0 Å². The number of halogens is 1. The smallest absolute Gasteiger partial charge is 0.226 e. The van der Waals surface area contributed by atoms with Gasteiger partial charge < -0.3 is 4.90 Å². The fourth-order valence-corrected chi connectivity index (χ4v) is 3.42. The summed E-state index contributed by atoms with van der Waals surface area (Å²) in [5.41, 5.74) is 3.00. The maximum Gasteiger partial charge on any atom is 0.226 e. The van der Waals surface area contributed by atoms with Gasteiger partial charge in [-0.1, -0.05) is 48.9 Å². The lowest BCUT2D eigenvalue weighted by Crippen LogP contribution is -2.34. The Hall–Kier alpha value is -2.13. The number of benzene rings is 2. The summed E-state index contributed by atoms with van der Waals surface area (Å²) in [6.07, 6.45) is 2.38. The van der Waals surface area contributed by atoms with E-state index < -0.39 is 0 Å². The Bertz CT molecular complexity index is 855. The fraction of sp³-hybridized carbons (Fsp3) is 0.300. The van der Waals surface area contributed by atoms with E-state index in [1.54, 1.807) is 0 Å². The zero-order chi connectivity index (χ0) is 16.5. The Morgan fingerprint density at radius 1 is 1.00 bits per heavy atom. The van der Waals surface area contributed by atoms with Crippen LogP contribution in [0.1, 0.15) is 19.8 Å². The third-order valence-corrected chi connectivity index (χ3v) is 5.00. The minimum atomic E-state index is 0.707. The van der Waals surface area contributed by atoms with Crippen LogP contribution in [0.4, 0.5) is 5.95 Å². The summed E-state index contributed by atoms with van der Waals surface area (Å²) in [7, 11) is 0. The molecule has 3 aromatic rings. The first-order valence-corrected chi connectivity index (χ1v) is 8.86. The van der Waals surface area contributed by atoms with Crippen molar-refractivity contribution < 1.29 is 0 Å². The molecule has 0 atom stereocenters. The SMILES string of the molecule is CC1CCN(c2nc(-c3ccccc3)c3ccc(Cl)cc3n2)CC1. The van der Waals surface area contributed by atoms with E-state index >= 15 is 0 Å². The van der Waals surface area contributed by atoms with E-state index in [4.69, 9.17) is 21.6 Å². The highest BCUT2D eigenvalue weighted by Crippen LogP contribution is 2.31. The summed E-state index contributed by atoms with van der Waals surface area (Å²) in [6, 6.07) is 16.2. The monoisotopic (exact) mass is 337 g/mol. The molecule has 2 aromatic carbocycles. The molecule has 4 rings (SSSR count). The molecule has 0 radical (unpaired) electrons. The number of aromatic nitrogens is 2. The van der Waals surface area contributed by atoms with E-state index in [9.17, 15) is 0 Å². The lowest BCUT2D eigenvalue weighted by Gasteiger charge is -2.30. The number of hydrogen-bond donors (Lipinski definition) is 0. The van der Waals surface area contributed by atoms with Crippen molar-refractivity contribution in [3.05, 3.63) is 53.6 Å². The fourth-order valence-electron chi connectivity index (χ4n) is 3.26. The summed E-state index contributed by atoms with van der Waals surface area (Å²) in [5, 5.41) is 1.75. The number of nitrogens with zero attached hydrogens (tertiary/aromatic N) is 3. The van der Waals surface area contributed by atoms with Crippen LogP contribution >= 0.6 is 11.6 Å². The molecule has 1 aliphatic rings. The minimum Gasteiger partial charge on any atom is -0.341 e. The normalized spacial score (nSPS) is 15.8. The van der Waals surface area contributed by atoms with E-state index in [1.165, 1.54) is 12.8 Å². The van der Waals surface area contributed by atoms with Gasteiger partial charge in [-0.05, 0) is 37.0 Å². The highest BCUT2D eigenvalue weighted by atomic mass is 35.5. The van der Waals surface area contributed by atoms with Crippen molar-refractivity contribution in [1.82, 2.24) is 9.97 Å². The van der Waals surface area contributed by atoms with Crippen molar-refractivity contribution in [2.75, 3.05) is 18.0 Å². The first kappa shape index (κ1) is 15.4. The molecule has 0 spiro atoms. The highest BCUT2D eigenvalue weighted by Gasteiger charge is 2.20. The second kappa shape index (κ2) is 6.40.